The summed E-state index contributed by atoms with van der Waals surface area (Å²) in [4.78, 5) is 33.5. The SMILES string of the molecule is O=C(Cc1ccccc1[N+](=O)[O-])N/N=C\c1cccn1-c1ccc(C(=O)O)cc1. The quantitative estimate of drug-likeness (QED) is 0.363. The van der Waals surface area contributed by atoms with Crippen LogP contribution in [-0.2, 0) is 11.2 Å². The molecule has 0 unspecified atom stereocenters. The Hall–Kier alpha value is -4.27. The number of aromatic carboxylic acids is 1. The Morgan fingerprint density at radius 1 is 1.10 bits per heavy atom. The molecule has 0 fully saturated rings. The lowest BCUT2D eigenvalue weighted by Crippen LogP contribution is -2.20. The van der Waals surface area contributed by atoms with E-state index in [0.29, 0.717) is 11.3 Å². The van der Waals surface area contributed by atoms with Crippen LogP contribution in [0.25, 0.3) is 5.69 Å². The number of nitrogens with one attached hydrogen (secondary N) is 1. The van der Waals surface area contributed by atoms with E-state index in [4.69, 9.17) is 5.11 Å². The molecule has 0 saturated heterocycles. The van der Waals surface area contributed by atoms with Crippen molar-refractivity contribution in [3.63, 3.8) is 0 Å². The fraction of sp³-hybridized carbons (Fsp3) is 0.0500. The maximum atomic E-state index is 12.1. The predicted molar refractivity (Wildman–Crippen MR) is 105 cm³/mol. The van der Waals surface area contributed by atoms with Crippen LogP contribution in [0.4, 0.5) is 5.69 Å². The van der Waals surface area contributed by atoms with Crippen molar-refractivity contribution in [2.24, 2.45) is 5.10 Å². The molecule has 29 heavy (non-hydrogen) atoms. The van der Waals surface area contributed by atoms with E-state index in [-0.39, 0.29) is 17.7 Å². The van der Waals surface area contributed by atoms with Gasteiger partial charge in [-0.05, 0) is 36.4 Å². The zero-order chi connectivity index (χ0) is 20.8. The van der Waals surface area contributed by atoms with Gasteiger partial charge in [-0.15, -0.1) is 0 Å². The minimum absolute atomic E-state index is 0.120. The highest BCUT2D eigenvalue weighted by atomic mass is 16.6. The molecule has 3 aromatic rings. The molecule has 0 atom stereocenters. The zero-order valence-corrected chi connectivity index (χ0v) is 15.1. The second-order valence-corrected chi connectivity index (χ2v) is 6.01. The minimum Gasteiger partial charge on any atom is -0.478 e. The third-order valence-electron chi connectivity index (χ3n) is 4.10. The monoisotopic (exact) mass is 392 g/mol. The molecule has 0 saturated carbocycles. The first-order valence-electron chi connectivity index (χ1n) is 8.51. The molecule has 0 aliphatic heterocycles. The molecule has 1 heterocycles. The number of benzene rings is 2. The maximum absolute atomic E-state index is 12.1. The van der Waals surface area contributed by atoms with Crippen LogP contribution in [0.3, 0.4) is 0 Å². The first-order chi connectivity index (χ1) is 14.0. The molecule has 9 nitrogen and oxygen atoms in total. The van der Waals surface area contributed by atoms with Crippen LogP contribution in [0.15, 0.2) is 72.0 Å². The summed E-state index contributed by atoms with van der Waals surface area (Å²) in [7, 11) is 0. The third kappa shape index (κ3) is 4.72. The van der Waals surface area contributed by atoms with Crippen molar-refractivity contribution in [1.29, 1.82) is 0 Å². The number of carbonyl (C=O) groups excluding carboxylic acids is 1. The summed E-state index contributed by atoms with van der Waals surface area (Å²) in [5.74, 6) is -1.49. The smallest absolute Gasteiger partial charge is 0.335 e. The second-order valence-electron chi connectivity index (χ2n) is 6.01. The van der Waals surface area contributed by atoms with E-state index in [0.717, 1.165) is 5.69 Å². The molecule has 0 aliphatic rings. The van der Waals surface area contributed by atoms with Crippen LogP contribution in [-0.4, -0.2) is 32.7 Å². The number of hydrogen-bond donors (Lipinski definition) is 2. The predicted octanol–water partition coefficient (Wildman–Crippen LogP) is 2.78. The molecule has 0 spiro atoms. The highest BCUT2D eigenvalue weighted by molar-refractivity contribution is 5.88. The zero-order valence-electron chi connectivity index (χ0n) is 15.1. The van der Waals surface area contributed by atoms with Crippen LogP contribution >= 0.6 is 0 Å². The van der Waals surface area contributed by atoms with Gasteiger partial charge in [-0.1, -0.05) is 18.2 Å². The number of carboxylic acids is 1. The molecular formula is C20H16N4O5. The number of nitro benzene ring substituents is 1. The van der Waals surface area contributed by atoms with Gasteiger partial charge in [0.05, 0.1) is 28.8 Å². The lowest BCUT2D eigenvalue weighted by atomic mass is 10.1. The van der Waals surface area contributed by atoms with E-state index < -0.39 is 16.8 Å². The Labute approximate surface area is 165 Å². The molecule has 0 radical (unpaired) electrons. The van der Waals surface area contributed by atoms with E-state index in [9.17, 15) is 19.7 Å². The Kier molecular flexibility index (Phi) is 5.79. The van der Waals surface area contributed by atoms with Gasteiger partial charge in [0.2, 0.25) is 5.91 Å². The summed E-state index contributed by atoms with van der Waals surface area (Å²) in [5.41, 5.74) is 4.09. The second kappa shape index (κ2) is 8.61. The normalized spacial score (nSPS) is 10.8. The number of carboxylic acid groups (broad SMARTS) is 1. The molecule has 9 heteroatoms. The maximum Gasteiger partial charge on any atom is 0.335 e. The number of amides is 1. The van der Waals surface area contributed by atoms with Crippen molar-refractivity contribution in [3.8, 4) is 5.69 Å². The van der Waals surface area contributed by atoms with Gasteiger partial charge >= 0.3 is 5.97 Å². The van der Waals surface area contributed by atoms with E-state index >= 15 is 0 Å². The number of nitrogens with zero attached hydrogens (tertiary/aromatic N) is 3. The summed E-state index contributed by atoms with van der Waals surface area (Å²) in [6, 6.07) is 15.9. The molecule has 1 amide bonds. The largest absolute Gasteiger partial charge is 0.478 e. The van der Waals surface area contributed by atoms with Crippen LogP contribution in [0.5, 0.6) is 0 Å². The summed E-state index contributed by atoms with van der Waals surface area (Å²) >= 11 is 0. The van der Waals surface area contributed by atoms with Crippen LogP contribution in [0.1, 0.15) is 21.6 Å². The number of carbonyl (C=O) groups is 2. The Balaban J connectivity index is 1.67. The lowest BCUT2D eigenvalue weighted by molar-refractivity contribution is -0.385. The van der Waals surface area contributed by atoms with Gasteiger partial charge in [0.1, 0.15) is 0 Å². The molecule has 146 valence electrons. The Morgan fingerprint density at radius 3 is 2.52 bits per heavy atom. The highest BCUT2D eigenvalue weighted by Gasteiger charge is 2.15. The number of hydrazone groups is 1. The standard InChI is InChI=1S/C20H16N4O5/c25-19(12-15-4-1-2-6-18(15)24(28)29)22-21-13-17-5-3-11-23(17)16-9-7-14(8-10-16)20(26)27/h1-11,13H,12H2,(H,22,25)(H,26,27)/b21-13-. The van der Waals surface area contributed by atoms with E-state index in [1.165, 1.54) is 36.5 Å². The van der Waals surface area contributed by atoms with Crippen molar-refractivity contribution in [2.45, 2.75) is 6.42 Å². The molecule has 2 N–H and O–H groups in total. The average molecular weight is 392 g/mol. The van der Waals surface area contributed by atoms with E-state index in [1.54, 1.807) is 41.1 Å². The molecule has 0 bridgehead atoms. The molecule has 3 rings (SSSR count). The summed E-state index contributed by atoms with van der Waals surface area (Å²) in [6.07, 6.45) is 3.03. The Morgan fingerprint density at radius 2 is 1.83 bits per heavy atom. The van der Waals surface area contributed by atoms with Crippen LogP contribution < -0.4 is 5.43 Å². The van der Waals surface area contributed by atoms with Gasteiger partial charge in [0.25, 0.3) is 5.69 Å². The fourth-order valence-corrected chi connectivity index (χ4v) is 2.72. The van der Waals surface area contributed by atoms with Crippen molar-refractivity contribution >= 4 is 23.8 Å². The average Bonchev–Trinajstić information content (AvgIpc) is 3.17. The summed E-state index contributed by atoms with van der Waals surface area (Å²) < 4.78 is 1.77. The van der Waals surface area contributed by atoms with E-state index in [1.807, 2.05) is 0 Å². The molecule has 1 aromatic heterocycles. The third-order valence-corrected chi connectivity index (χ3v) is 4.10. The first kappa shape index (κ1) is 19.5. The summed E-state index contributed by atoms with van der Waals surface area (Å²) in [5, 5.41) is 23.9. The lowest BCUT2D eigenvalue weighted by Gasteiger charge is -2.06. The summed E-state index contributed by atoms with van der Waals surface area (Å²) in [6.45, 7) is 0. The molecular weight excluding hydrogens is 376 g/mol. The van der Waals surface area contributed by atoms with Crippen molar-refractivity contribution in [1.82, 2.24) is 9.99 Å². The highest BCUT2D eigenvalue weighted by Crippen LogP contribution is 2.18. The van der Waals surface area contributed by atoms with Gasteiger partial charge in [0.15, 0.2) is 0 Å². The number of aromatic nitrogens is 1. The topological polar surface area (TPSA) is 127 Å². The van der Waals surface area contributed by atoms with Crippen molar-refractivity contribution in [3.05, 3.63) is 93.8 Å². The van der Waals surface area contributed by atoms with Crippen LogP contribution in [0, 0.1) is 10.1 Å². The van der Waals surface area contributed by atoms with Gasteiger partial charge in [-0.25, -0.2) is 10.2 Å². The molecule has 0 aliphatic carbocycles. The van der Waals surface area contributed by atoms with Gasteiger partial charge < -0.3 is 9.67 Å². The van der Waals surface area contributed by atoms with E-state index in [2.05, 4.69) is 10.5 Å². The molecule has 2 aromatic carbocycles. The first-order valence-corrected chi connectivity index (χ1v) is 8.51. The number of nitro groups is 1. The fourth-order valence-electron chi connectivity index (χ4n) is 2.72. The number of rotatable bonds is 7. The van der Waals surface area contributed by atoms with Crippen molar-refractivity contribution in [2.75, 3.05) is 0 Å². The van der Waals surface area contributed by atoms with Gasteiger partial charge in [0, 0.05) is 23.5 Å². The van der Waals surface area contributed by atoms with Crippen molar-refractivity contribution < 1.29 is 19.6 Å². The Bertz CT molecular complexity index is 1090. The minimum atomic E-state index is -1.01. The van der Waals surface area contributed by atoms with Gasteiger partial charge in [-0.2, -0.15) is 5.10 Å². The van der Waals surface area contributed by atoms with Gasteiger partial charge in [-0.3, -0.25) is 14.9 Å². The van der Waals surface area contributed by atoms with Crippen LogP contribution in [0.2, 0.25) is 0 Å². The number of hydrogen-bond acceptors (Lipinski definition) is 5. The number of para-hydroxylation sites is 1.